The highest BCUT2D eigenvalue weighted by molar-refractivity contribution is 4.89. The van der Waals surface area contributed by atoms with Crippen LogP contribution in [0.1, 0.15) is 19.3 Å². The van der Waals surface area contributed by atoms with Crippen molar-refractivity contribution in [3.8, 4) is 0 Å². The number of hydrogen-bond donors (Lipinski definition) is 1. The van der Waals surface area contributed by atoms with Crippen molar-refractivity contribution in [3.63, 3.8) is 0 Å². The predicted molar refractivity (Wildman–Crippen MR) is 49.5 cm³/mol. The average Bonchev–Trinajstić information content (AvgIpc) is 2.18. The molecule has 0 radical (unpaired) electrons. The Kier molecular flexibility index (Phi) is 3.02. The van der Waals surface area contributed by atoms with E-state index in [-0.39, 0.29) is 12.5 Å². The molecule has 0 aromatic carbocycles. The Labute approximate surface area is 83.0 Å². The quantitative estimate of drug-likeness (QED) is 0.703. The van der Waals surface area contributed by atoms with E-state index in [0.29, 0.717) is 13.0 Å². The number of halogens is 2. The molecule has 0 saturated carbocycles. The lowest BCUT2D eigenvalue weighted by atomic mass is 9.79. The van der Waals surface area contributed by atoms with E-state index in [4.69, 9.17) is 4.74 Å². The van der Waals surface area contributed by atoms with Crippen molar-refractivity contribution in [2.45, 2.75) is 25.2 Å². The van der Waals surface area contributed by atoms with Gasteiger partial charge < -0.3 is 10.1 Å². The molecule has 2 rings (SSSR count). The fourth-order valence-corrected chi connectivity index (χ4v) is 2.52. The molecule has 0 aromatic rings. The highest BCUT2D eigenvalue weighted by Crippen LogP contribution is 2.38. The van der Waals surface area contributed by atoms with E-state index in [0.717, 1.165) is 26.0 Å². The predicted octanol–water partition coefficient (Wildman–Crippen LogP) is 1.66. The van der Waals surface area contributed by atoms with E-state index < -0.39 is 11.8 Å². The van der Waals surface area contributed by atoms with Crippen LogP contribution in [0.25, 0.3) is 0 Å². The van der Waals surface area contributed by atoms with Gasteiger partial charge in [-0.25, -0.2) is 8.78 Å². The second-order valence-corrected chi connectivity index (χ2v) is 4.31. The summed E-state index contributed by atoms with van der Waals surface area (Å²) in [6.07, 6.45) is 2.42. The molecule has 2 atom stereocenters. The van der Waals surface area contributed by atoms with Gasteiger partial charge in [0, 0.05) is 19.1 Å². The number of ether oxygens (including phenoxy) is 1. The van der Waals surface area contributed by atoms with Crippen molar-refractivity contribution in [2.75, 3.05) is 26.3 Å². The molecule has 0 bridgehead atoms. The SMILES string of the molecule is FC1(F)CNCCC1C1CCCOC1. The van der Waals surface area contributed by atoms with Crippen molar-refractivity contribution < 1.29 is 13.5 Å². The molecular weight excluding hydrogens is 188 g/mol. The monoisotopic (exact) mass is 205 g/mol. The van der Waals surface area contributed by atoms with Crippen LogP contribution in [0.5, 0.6) is 0 Å². The van der Waals surface area contributed by atoms with E-state index in [9.17, 15) is 8.78 Å². The third kappa shape index (κ3) is 2.06. The molecule has 14 heavy (non-hydrogen) atoms. The number of piperidine rings is 1. The second-order valence-electron chi connectivity index (χ2n) is 4.31. The summed E-state index contributed by atoms with van der Waals surface area (Å²) in [5, 5.41) is 2.75. The average molecular weight is 205 g/mol. The van der Waals surface area contributed by atoms with Crippen LogP contribution < -0.4 is 5.32 Å². The van der Waals surface area contributed by atoms with Crippen LogP contribution in [0.15, 0.2) is 0 Å². The summed E-state index contributed by atoms with van der Waals surface area (Å²) in [6, 6.07) is 0. The summed E-state index contributed by atoms with van der Waals surface area (Å²) in [5.74, 6) is -2.94. The van der Waals surface area contributed by atoms with Gasteiger partial charge in [-0.05, 0) is 31.7 Å². The third-order valence-electron chi connectivity index (χ3n) is 3.30. The van der Waals surface area contributed by atoms with Gasteiger partial charge in [0.05, 0.1) is 6.54 Å². The van der Waals surface area contributed by atoms with Crippen molar-refractivity contribution in [1.29, 1.82) is 0 Å². The first-order chi connectivity index (χ1) is 6.70. The number of nitrogens with one attached hydrogen (secondary N) is 1. The van der Waals surface area contributed by atoms with Gasteiger partial charge in [0.25, 0.3) is 5.92 Å². The molecule has 4 heteroatoms. The Bertz CT molecular complexity index is 193. The topological polar surface area (TPSA) is 21.3 Å². The molecule has 0 aliphatic carbocycles. The number of alkyl halides is 2. The normalized spacial score (nSPS) is 38.1. The third-order valence-corrected chi connectivity index (χ3v) is 3.30. The van der Waals surface area contributed by atoms with Crippen LogP contribution in [0.4, 0.5) is 8.78 Å². The van der Waals surface area contributed by atoms with Crippen molar-refractivity contribution in [1.82, 2.24) is 5.32 Å². The molecule has 0 spiro atoms. The summed E-state index contributed by atoms with van der Waals surface area (Å²) < 4.78 is 32.3. The van der Waals surface area contributed by atoms with Gasteiger partial charge in [-0.3, -0.25) is 0 Å². The standard InChI is InChI=1S/C10H17F2NO/c11-10(12)7-13-4-3-9(10)8-2-1-5-14-6-8/h8-9,13H,1-7H2. The zero-order valence-electron chi connectivity index (χ0n) is 8.27. The van der Waals surface area contributed by atoms with Gasteiger partial charge in [-0.2, -0.15) is 0 Å². The van der Waals surface area contributed by atoms with Crippen LogP contribution in [0.2, 0.25) is 0 Å². The summed E-state index contributed by atoms with van der Waals surface area (Å²) in [7, 11) is 0. The van der Waals surface area contributed by atoms with Crippen LogP contribution in [-0.2, 0) is 4.74 Å². The molecule has 0 aromatic heterocycles. The summed E-state index contributed by atoms with van der Waals surface area (Å²) in [5.41, 5.74) is 0. The van der Waals surface area contributed by atoms with Crippen LogP contribution in [0.3, 0.4) is 0 Å². The van der Waals surface area contributed by atoms with E-state index in [1.54, 1.807) is 0 Å². The van der Waals surface area contributed by atoms with Crippen molar-refractivity contribution >= 4 is 0 Å². The molecule has 0 amide bonds. The van der Waals surface area contributed by atoms with Crippen molar-refractivity contribution in [3.05, 3.63) is 0 Å². The first-order valence-electron chi connectivity index (χ1n) is 5.36. The Hall–Kier alpha value is -0.220. The zero-order valence-corrected chi connectivity index (χ0v) is 8.27. The second kappa shape index (κ2) is 4.11. The van der Waals surface area contributed by atoms with Gasteiger partial charge in [0.2, 0.25) is 0 Å². The fourth-order valence-electron chi connectivity index (χ4n) is 2.52. The lowest BCUT2D eigenvalue weighted by Gasteiger charge is -2.38. The van der Waals surface area contributed by atoms with E-state index >= 15 is 0 Å². The fraction of sp³-hybridized carbons (Fsp3) is 1.00. The maximum atomic E-state index is 13.5. The first kappa shape index (κ1) is 10.3. The number of hydrogen-bond acceptors (Lipinski definition) is 2. The minimum atomic E-state index is -2.54. The maximum Gasteiger partial charge on any atom is 0.263 e. The Morgan fingerprint density at radius 2 is 2.14 bits per heavy atom. The van der Waals surface area contributed by atoms with Crippen LogP contribution >= 0.6 is 0 Å². The summed E-state index contributed by atoms with van der Waals surface area (Å²) in [4.78, 5) is 0. The lowest BCUT2D eigenvalue weighted by Crippen LogP contribution is -2.50. The van der Waals surface area contributed by atoms with Gasteiger partial charge in [0.1, 0.15) is 0 Å². The molecule has 2 heterocycles. The summed E-state index contributed by atoms with van der Waals surface area (Å²) >= 11 is 0. The highest BCUT2D eigenvalue weighted by Gasteiger charge is 2.45. The summed E-state index contributed by atoms with van der Waals surface area (Å²) in [6.45, 7) is 1.83. The van der Waals surface area contributed by atoms with Crippen LogP contribution in [-0.4, -0.2) is 32.2 Å². The van der Waals surface area contributed by atoms with E-state index in [1.165, 1.54) is 0 Å². The van der Waals surface area contributed by atoms with Crippen LogP contribution in [0, 0.1) is 11.8 Å². The Balaban J connectivity index is 1.99. The Morgan fingerprint density at radius 1 is 1.29 bits per heavy atom. The van der Waals surface area contributed by atoms with Gasteiger partial charge in [-0.1, -0.05) is 0 Å². The molecule has 2 saturated heterocycles. The van der Waals surface area contributed by atoms with E-state index in [1.807, 2.05) is 0 Å². The van der Waals surface area contributed by atoms with Crippen molar-refractivity contribution in [2.24, 2.45) is 11.8 Å². The molecule has 2 aliphatic heterocycles. The smallest absolute Gasteiger partial charge is 0.263 e. The molecular formula is C10H17F2NO. The maximum absolute atomic E-state index is 13.5. The molecule has 2 nitrogen and oxygen atoms in total. The molecule has 2 aliphatic rings. The zero-order chi connectivity index (χ0) is 10.0. The Morgan fingerprint density at radius 3 is 2.79 bits per heavy atom. The number of rotatable bonds is 1. The minimum absolute atomic E-state index is 0.0702. The lowest BCUT2D eigenvalue weighted by molar-refractivity contribution is -0.117. The minimum Gasteiger partial charge on any atom is -0.381 e. The largest absolute Gasteiger partial charge is 0.381 e. The van der Waals surface area contributed by atoms with Gasteiger partial charge in [0.15, 0.2) is 0 Å². The molecule has 82 valence electrons. The molecule has 2 unspecified atom stereocenters. The molecule has 2 fully saturated rings. The van der Waals surface area contributed by atoms with Gasteiger partial charge in [-0.15, -0.1) is 0 Å². The highest BCUT2D eigenvalue weighted by atomic mass is 19.3. The molecule has 1 N–H and O–H groups in total. The van der Waals surface area contributed by atoms with E-state index in [2.05, 4.69) is 5.32 Å². The van der Waals surface area contributed by atoms with Gasteiger partial charge >= 0.3 is 0 Å². The first-order valence-corrected chi connectivity index (χ1v) is 5.36.